The van der Waals surface area contributed by atoms with Gasteiger partial charge in [0.15, 0.2) is 0 Å². The highest BCUT2D eigenvalue weighted by molar-refractivity contribution is 6.38. The molecule has 4 rings (SSSR count). The van der Waals surface area contributed by atoms with Gasteiger partial charge in [0.1, 0.15) is 17.7 Å². The number of ether oxygens (including phenoxy) is 1. The number of amides is 5. The van der Waals surface area contributed by atoms with Crippen LogP contribution in [0.1, 0.15) is 97.0 Å². The number of alkyl carbamates (subject to hydrolysis) is 1. The Kier molecular flexibility index (Phi) is 14.4. The molecule has 1 aromatic rings. The Labute approximate surface area is 295 Å². The fraction of sp³-hybridized carbons (Fsp3) is 0.632. The van der Waals surface area contributed by atoms with Crippen LogP contribution in [0.15, 0.2) is 42.5 Å². The number of nitrogens with one attached hydrogen (secondary N) is 4. The molecule has 12 heteroatoms. The Bertz CT molecular complexity index is 1370. The standard InChI is InChI=1S/C38H55N5O7/c1-38(2,3)50-37(49)42-29-20-9-4-5-12-21-39-34(46)31(23-26-14-7-6-8-15-26)41-35(47)33(45)30(22-27-18-13-19-27)40-32(44)25-43(36(29)48)24-28-16-10-11-17-28/h4-8,14-15,27-31H,9-13,16-25H2,1-3H3,(H,39,46)(H,40,44)(H,41,47)(H,42,49)/t29-,30?,31-/m0/s1. The Morgan fingerprint density at radius 1 is 0.860 bits per heavy atom. The molecule has 1 heterocycles. The average molecular weight is 694 g/mol. The Morgan fingerprint density at radius 2 is 1.54 bits per heavy atom. The fourth-order valence-electron chi connectivity index (χ4n) is 6.72. The summed E-state index contributed by atoms with van der Waals surface area (Å²) in [6.45, 7) is 5.52. The van der Waals surface area contributed by atoms with E-state index in [0.717, 1.165) is 50.5 Å². The third-order valence-electron chi connectivity index (χ3n) is 9.56. The second-order valence-electron chi connectivity index (χ2n) is 14.9. The van der Waals surface area contributed by atoms with Gasteiger partial charge >= 0.3 is 6.09 Å². The van der Waals surface area contributed by atoms with Crippen molar-refractivity contribution in [3.63, 3.8) is 0 Å². The van der Waals surface area contributed by atoms with E-state index in [-0.39, 0.29) is 31.2 Å². The van der Waals surface area contributed by atoms with Crippen LogP contribution in [0.5, 0.6) is 0 Å². The highest BCUT2D eigenvalue weighted by Gasteiger charge is 2.36. The summed E-state index contributed by atoms with van der Waals surface area (Å²) in [6.07, 6.45) is 11.5. The Morgan fingerprint density at radius 3 is 2.20 bits per heavy atom. The quantitative estimate of drug-likeness (QED) is 0.250. The van der Waals surface area contributed by atoms with Crippen molar-refractivity contribution in [2.24, 2.45) is 11.8 Å². The number of Topliss-reactive ketones (excluding diaryl/α,β-unsaturated/α-hetero) is 1. The molecule has 12 nitrogen and oxygen atoms in total. The van der Waals surface area contributed by atoms with Crippen LogP contribution in [0.2, 0.25) is 0 Å². The van der Waals surface area contributed by atoms with E-state index in [1.54, 1.807) is 20.8 Å². The smallest absolute Gasteiger partial charge is 0.408 e. The summed E-state index contributed by atoms with van der Waals surface area (Å²) in [5.41, 5.74) is 0.0448. The predicted octanol–water partition coefficient (Wildman–Crippen LogP) is 3.73. The first-order valence-electron chi connectivity index (χ1n) is 18.3. The van der Waals surface area contributed by atoms with Gasteiger partial charge in [-0.3, -0.25) is 24.0 Å². The van der Waals surface area contributed by atoms with E-state index in [0.29, 0.717) is 32.4 Å². The number of hydrogen-bond acceptors (Lipinski definition) is 7. The Balaban J connectivity index is 1.60. The van der Waals surface area contributed by atoms with Crippen molar-refractivity contribution >= 4 is 35.5 Å². The number of nitrogens with zero attached hydrogens (tertiary/aromatic N) is 1. The largest absolute Gasteiger partial charge is 0.444 e. The molecule has 5 amide bonds. The van der Waals surface area contributed by atoms with E-state index in [9.17, 15) is 28.8 Å². The van der Waals surface area contributed by atoms with Gasteiger partial charge in [0, 0.05) is 19.5 Å². The highest BCUT2D eigenvalue weighted by Crippen LogP contribution is 2.31. The molecule has 1 aromatic carbocycles. The Hall–Kier alpha value is -4.22. The van der Waals surface area contributed by atoms with Crippen molar-refractivity contribution in [3.8, 4) is 0 Å². The summed E-state index contributed by atoms with van der Waals surface area (Å²) in [6, 6.07) is 6.17. The van der Waals surface area contributed by atoms with Crippen LogP contribution < -0.4 is 21.3 Å². The van der Waals surface area contributed by atoms with E-state index >= 15 is 0 Å². The molecule has 0 saturated heterocycles. The molecule has 1 aliphatic heterocycles. The van der Waals surface area contributed by atoms with Crippen LogP contribution in [0.25, 0.3) is 0 Å². The molecule has 0 bridgehead atoms. The van der Waals surface area contributed by atoms with E-state index in [2.05, 4.69) is 21.3 Å². The number of hydrogen-bond donors (Lipinski definition) is 4. The molecule has 3 aliphatic rings. The maximum Gasteiger partial charge on any atom is 0.408 e. The monoisotopic (exact) mass is 693 g/mol. The van der Waals surface area contributed by atoms with Crippen molar-refractivity contribution < 1.29 is 33.5 Å². The van der Waals surface area contributed by atoms with Crippen molar-refractivity contribution in [1.29, 1.82) is 0 Å². The molecule has 0 aromatic heterocycles. The topological polar surface area (TPSA) is 163 Å². The minimum atomic E-state index is -1.11. The molecule has 50 heavy (non-hydrogen) atoms. The van der Waals surface area contributed by atoms with Crippen molar-refractivity contribution in [2.45, 2.75) is 122 Å². The molecule has 0 radical (unpaired) electrons. The molecule has 4 N–H and O–H groups in total. The fourth-order valence-corrected chi connectivity index (χ4v) is 6.72. The lowest BCUT2D eigenvalue weighted by atomic mass is 9.80. The van der Waals surface area contributed by atoms with E-state index < -0.39 is 59.2 Å². The van der Waals surface area contributed by atoms with Gasteiger partial charge in [-0.05, 0) is 76.7 Å². The van der Waals surface area contributed by atoms with Gasteiger partial charge < -0.3 is 30.9 Å². The van der Waals surface area contributed by atoms with Gasteiger partial charge in [0.2, 0.25) is 23.5 Å². The lowest BCUT2D eigenvalue weighted by Crippen LogP contribution is -2.56. The van der Waals surface area contributed by atoms with E-state index in [1.807, 2.05) is 42.5 Å². The number of carbonyl (C=O) groups excluding carboxylic acids is 6. The van der Waals surface area contributed by atoms with Gasteiger partial charge in [0.05, 0.1) is 12.6 Å². The highest BCUT2D eigenvalue weighted by atomic mass is 16.6. The van der Waals surface area contributed by atoms with Crippen LogP contribution in [0.4, 0.5) is 4.79 Å². The van der Waals surface area contributed by atoms with Gasteiger partial charge in [0.25, 0.3) is 5.91 Å². The molecule has 2 fully saturated rings. The minimum absolute atomic E-state index is 0.174. The second kappa shape index (κ2) is 18.7. The van der Waals surface area contributed by atoms with Crippen LogP contribution in [-0.4, -0.2) is 83.8 Å². The summed E-state index contributed by atoms with van der Waals surface area (Å²) in [4.78, 5) is 82.7. The number of carbonyl (C=O) groups is 6. The van der Waals surface area contributed by atoms with Gasteiger partial charge in [-0.1, -0.05) is 74.6 Å². The first-order chi connectivity index (χ1) is 23.9. The third-order valence-corrected chi connectivity index (χ3v) is 9.56. The van der Waals surface area contributed by atoms with Crippen molar-refractivity contribution in [1.82, 2.24) is 26.2 Å². The van der Waals surface area contributed by atoms with Crippen molar-refractivity contribution in [2.75, 3.05) is 19.6 Å². The number of rotatable bonds is 7. The van der Waals surface area contributed by atoms with Gasteiger partial charge in [-0.15, -0.1) is 0 Å². The summed E-state index contributed by atoms with van der Waals surface area (Å²) in [7, 11) is 0. The second-order valence-corrected chi connectivity index (χ2v) is 14.9. The molecule has 0 spiro atoms. The summed E-state index contributed by atoms with van der Waals surface area (Å²) in [5, 5.41) is 11.0. The minimum Gasteiger partial charge on any atom is -0.444 e. The SMILES string of the molecule is CC(C)(C)OC(=O)N[C@H]1CCC=CCCNC(=O)[C@H](Cc2ccccc2)NC(=O)C(=O)C(CC2CCC2)NC(=O)CN(CC2CCCC2)C1=O. The van der Waals surface area contributed by atoms with Gasteiger partial charge in [-0.25, -0.2) is 4.79 Å². The van der Waals surface area contributed by atoms with Crippen LogP contribution >= 0.6 is 0 Å². The lowest BCUT2D eigenvalue weighted by Gasteiger charge is -2.32. The summed E-state index contributed by atoms with van der Waals surface area (Å²) < 4.78 is 5.47. The summed E-state index contributed by atoms with van der Waals surface area (Å²) >= 11 is 0. The zero-order valence-corrected chi connectivity index (χ0v) is 29.8. The first-order valence-corrected chi connectivity index (χ1v) is 18.3. The van der Waals surface area contributed by atoms with Gasteiger partial charge in [-0.2, -0.15) is 0 Å². The van der Waals surface area contributed by atoms with Crippen molar-refractivity contribution in [3.05, 3.63) is 48.0 Å². The molecular weight excluding hydrogens is 638 g/mol. The molecule has 1 unspecified atom stereocenters. The molecule has 2 saturated carbocycles. The van der Waals surface area contributed by atoms with Crippen LogP contribution in [0, 0.1) is 11.8 Å². The molecule has 2 aliphatic carbocycles. The van der Waals surface area contributed by atoms with E-state index in [1.165, 1.54) is 4.90 Å². The maximum absolute atomic E-state index is 14.1. The number of ketones is 1. The predicted molar refractivity (Wildman–Crippen MR) is 189 cm³/mol. The number of allylic oxidation sites excluding steroid dienone is 1. The molecule has 3 atom stereocenters. The zero-order chi connectivity index (χ0) is 36.1. The first kappa shape index (κ1) is 38.6. The zero-order valence-electron chi connectivity index (χ0n) is 29.8. The van der Waals surface area contributed by atoms with Crippen LogP contribution in [-0.2, 0) is 35.1 Å². The molecule has 274 valence electrons. The average Bonchev–Trinajstić information content (AvgIpc) is 3.55. The lowest BCUT2D eigenvalue weighted by molar-refractivity contribution is -0.142. The molecular formula is C38H55N5O7. The normalized spacial score (nSPS) is 24.3. The maximum atomic E-state index is 14.1. The summed E-state index contributed by atoms with van der Waals surface area (Å²) in [5.74, 6) is -2.77. The van der Waals surface area contributed by atoms with E-state index in [4.69, 9.17) is 4.74 Å². The van der Waals surface area contributed by atoms with Crippen LogP contribution in [0.3, 0.4) is 0 Å². The third kappa shape index (κ3) is 12.6. The number of benzene rings is 1.